The van der Waals surface area contributed by atoms with Gasteiger partial charge in [-0.3, -0.25) is 9.59 Å². The Kier molecular flexibility index (Phi) is 9.97. The van der Waals surface area contributed by atoms with Gasteiger partial charge in [-0.2, -0.15) is 0 Å². The molecule has 2 aromatic rings. The van der Waals surface area contributed by atoms with Gasteiger partial charge in [-0.1, -0.05) is 89.5 Å². The normalized spacial score (nSPS) is 25.1. The Morgan fingerprint density at radius 3 is 2.25 bits per heavy atom. The molecule has 3 aliphatic rings. The van der Waals surface area contributed by atoms with E-state index in [1.807, 2.05) is 85.8 Å². The molecule has 5 heteroatoms. The quantitative estimate of drug-likeness (QED) is 0.216. The number of rotatable bonds is 9. The molecule has 0 bridgehead atoms. The van der Waals surface area contributed by atoms with Crippen LogP contribution in [0.25, 0.3) is 0 Å². The van der Waals surface area contributed by atoms with Crippen molar-refractivity contribution < 1.29 is 23.8 Å². The van der Waals surface area contributed by atoms with E-state index in [4.69, 9.17) is 14.2 Å². The van der Waals surface area contributed by atoms with Crippen LogP contribution < -0.4 is 0 Å². The minimum absolute atomic E-state index is 0.0555. The number of hydrogen-bond acceptors (Lipinski definition) is 5. The van der Waals surface area contributed by atoms with Crippen LogP contribution in [-0.2, 0) is 23.8 Å². The van der Waals surface area contributed by atoms with Crippen molar-refractivity contribution in [3.8, 4) is 0 Å². The molecule has 0 unspecified atom stereocenters. The van der Waals surface area contributed by atoms with Gasteiger partial charge in [0.15, 0.2) is 5.78 Å². The summed E-state index contributed by atoms with van der Waals surface area (Å²) in [5.74, 6) is -2.15. The number of allylic oxidation sites excluding steroid dienone is 4. The van der Waals surface area contributed by atoms with Gasteiger partial charge in [-0.25, -0.2) is 0 Å². The third-order valence-corrected chi connectivity index (χ3v) is 8.59. The summed E-state index contributed by atoms with van der Waals surface area (Å²) in [6.07, 6.45) is 12.9. The molecule has 230 valence electrons. The number of benzene rings is 2. The summed E-state index contributed by atoms with van der Waals surface area (Å²) >= 11 is 0. The van der Waals surface area contributed by atoms with Crippen molar-refractivity contribution >= 4 is 11.8 Å². The largest absolute Gasteiger partial charge is 0.460 e. The number of fused-ring (bicyclic) bond motifs is 1. The van der Waals surface area contributed by atoms with Crippen molar-refractivity contribution in [2.24, 2.45) is 5.92 Å². The van der Waals surface area contributed by atoms with Gasteiger partial charge in [0.25, 0.3) is 0 Å². The number of carbonyl (C=O) groups is 2. The van der Waals surface area contributed by atoms with Crippen molar-refractivity contribution in [3.05, 3.63) is 130 Å². The molecule has 1 aliphatic carbocycles. The molecule has 1 spiro atoms. The molecule has 0 N–H and O–H groups in total. The Labute approximate surface area is 262 Å². The van der Waals surface area contributed by atoms with Gasteiger partial charge in [-0.05, 0) is 94.4 Å². The maximum atomic E-state index is 13.8. The van der Waals surface area contributed by atoms with E-state index in [1.54, 1.807) is 0 Å². The topological polar surface area (TPSA) is 61.8 Å². The number of Topliss-reactive ketones (excluding diaryl/α,β-unsaturated/α-hetero) is 1. The lowest BCUT2D eigenvalue weighted by molar-refractivity contribution is -0.225. The molecule has 2 aromatic carbocycles. The smallest absolute Gasteiger partial charge is 0.318 e. The first-order chi connectivity index (χ1) is 21.1. The fourth-order valence-corrected chi connectivity index (χ4v) is 6.40. The number of hydrogen-bond donors (Lipinski definition) is 0. The molecule has 0 amide bonds. The zero-order valence-electron chi connectivity index (χ0n) is 26.5. The minimum atomic E-state index is -1.11. The van der Waals surface area contributed by atoms with Gasteiger partial charge in [0.1, 0.15) is 12.5 Å². The van der Waals surface area contributed by atoms with Gasteiger partial charge < -0.3 is 14.2 Å². The Hall–Kier alpha value is -3.80. The van der Waals surface area contributed by atoms with Crippen LogP contribution in [-0.4, -0.2) is 36.4 Å². The fraction of sp³-hybridized carbons (Fsp3) is 0.385. The van der Waals surface area contributed by atoms with Crippen molar-refractivity contribution in [1.29, 1.82) is 0 Å². The van der Waals surface area contributed by atoms with Crippen molar-refractivity contribution in [2.45, 2.75) is 84.2 Å². The predicted octanol–water partition coefficient (Wildman–Crippen LogP) is 8.35. The standard InChI is InChI=1S/C39H44O5/c1-26(2)13-12-14-27(3)19-33-20-28(4)23-39(43-33)24-32(34-22-35(40)29(5)21-36(34)44-39)25-42-38(41)37(30-15-8-6-9-16-30)31-17-10-7-11-18-31/h6-11,13,15-19,21,23-24,33-34,36-37H,12,14,20,22,25H2,1-5H3/t33-,34-,36-,39+/m1/s1. The number of ether oxygens (including phenoxy) is 3. The highest BCUT2D eigenvalue weighted by Gasteiger charge is 2.46. The molecular formula is C39H44O5. The SMILES string of the molecule is CC(C)=CCCC(C)=C[C@@H]1CC(C)=C[C@]2(C=C(COC(=O)C(c3ccccc3)c3ccccc3)[C@H]3CC(=O)C(C)=C[C@H]3O2)O1. The van der Waals surface area contributed by atoms with Crippen LogP contribution >= 0.6 is 0 Å². The maximum absolute atomic E-state index is 13.8. The van der Waals surface area contributed by atoms with Gasteiger partial charge in [-0.15, -0.1) is 0 Å². The van der Waals surface area contributed by atoms with Crippen LogP contribution in [0.3, 0.4) is 0 Å². The second kappa shape index (κ2) is 13.9. The molecule has 44 heavy (non-hydrogen) atoms. The molecule has 2 aliphatic heterocycles. The van der Waals surface area contributed by atoms with Crippen molar-refractivity contribution in [3.63, 3.8) is 0 Å². The predicted molar refractivity (Wildman–Crippen MR) is 174 cm³/mol. The highest BCUT2D eigenvalue weighted by Crippen LogP contribution is 2.43. The Morgan fingerprint density at radius 1 is 0.955 bits per heavy atom. The number of ketones is 1. The van der Waals surface area contributed by atoms with E-state index in [1.165, 1.54) is 16.7 Å². The van der Waals surface area contributed by atoms with E-state index in [0.717, 1.165) is 36.0 Å². The molecule has 0 fully saturated rings. The maximum Gasteiger partial charge on any atom is 0.318 e. The minimum Gasteiger partial charge on any atom is -0.460 e. The van der Waals surface area contributed by atoms with Gasteiger partial charge in [0.2, 0.25) is 5.79 Å². The molecule has 4 atom stereocenters. The van der Waals surface area contributed by atoms with Gasteiger partial charge >= 0.3 is 5.97 Å². The lowest BCUT2D eigenvalue weighted by Gasteiger charge is -2.45. The number of carbonyl (C=O) groups excluding carboxylic acids is 2. The molecule has 0 radical (unpaired) electrons. The Morgan fingerprint density at radius 2 is 1.61 bits per heavy atom. The summed E-state index contributed by atoms with van der Waals surface area (Å²) in [5.41, 5.74) is 7.04. The van der Waals surface area contributed by atoms with E-state index in [0.29, 0.717) is 12.0 Å². The zero-order chi connectivity index (χ0) is 31.3. The van der Waals surface area contributed by atoms with E-state index < -0.39 is 11.7 Å². The summed E-state index contributed by atoms with van der Waals surface area (Å²) in [7, 11) is 0. The summed E-state index contributed by atoms with van der Waals surface area (Å²) in [5, 5.41) is 0. The fourth-order valence-electron chi connectivity index (χ4n) is 6.40. The summed E-state index contributed by atoms with van der Waals surface area (Å²) in [4.78, 5) is 26.6. The highest BCUT2D eigenvalue weighted by molar-refractivity contribution is 5.96. The average Bonchev–Trinajstić information content (AvgIpc) is 2.97. The van der Waals surface area contributed by atoms with Crippen LogP contribution in [0.4, 0.5) is 0 Å². The summed E-state index contributed by atoms with van der Waals surface area (Å²) in [6.45, 7) is 10.4. The molecule has 2 heterocycles. The number of esters is 1. The van der Waals surface area contributed by atoms with Crippen molar-refractivity contribution in [1.82, 2.24) is 0 Å². The third kappa shape index (κ3) is 7.64. The molecule has 0 saturated heterocycles. The zero-order valence-corrected chi connectivity index (χ0v) is 26.5. The van der Waals surface area contributed by atoms with Crippen LogP contribution in [0.5, 0.6) is 0 Å². The second-order valence-corrected chi connectivity index (χ2v) is 12.7. The van der Waals surface area contributed by atoms with Crippen molar-refractivity contribution in [2.75, 3.05) is 6.61 Å². The van der Waals surface area contributed by atoms with Crippen LogP contribution in [0.1, 0.15) is 77.3 Å². The molecular weight excluding hydrogens is 548 g/mol. The van der Waals surface area contributed by atoms with Gasteiger partial charge in [0.05, 0.1) is 12.2 Å². The van der Waals surface area contributed by atoms with Crippen LogP contribution in [0, 0.1) is 5.92 Å². The molecule has 0 saturated carbocycles. The van der Waals surface area contributed by atoms with Crippen LogP contribution in [0.2, 0.25) is 0 Å². The highest BCUT2D eigenvalue weighted by atomic mass is 16.7. The second-order valence-electron chi connectivity index (χ2n) is 12.7. The summed E-state index contributed by atoms with van der Waals surface area (Å²) < 4.78 is 19.5. The first-order valence-electron chi connectivity index (χ1n) is 15.7. The van der Waals surface area contributed by atoms with E-state index in [-0.39, 0.29) is 36.5 Å². The van der Waals surface area contributed by atoms with Crippen LogP contribution in [0.15, 0.2) is 119 Å². The summed E-state index contributed by atoms with van der Waals surface area (Å²) in [6, 6.07) is 19.4. The van der Waals surface area contributed by atoms with E-state index in [9.17, 15) is 9.59 Å². The lowest BCUT2D eigenvalue weighted by Crippen LogP contribution is -2.49. The lowest BCUT2D eigenvalue weighted by atomic mass is 9.79. The van der Waals surface area contributed by atoms with E-state index >= 15 is 0 Å². The first kappa shape index (κ1) is 31.6. The Balaban J connectivity index is 1.42. The molecule has 0 aromatic heterocycles. The molecule has 5 rings (SSSR count). The monoisotopic (exact) mass is 592 g/mol. The van der Waals surface area contributed by atoms with Gasteiger partial charge in [0, 0.05) is 12.3 Å². The molecule has 5 nitrogen and oxygen atoms in total. The van der Waals surface area contributed by atoms with E-state index in [2.05, 4.69) is 39.8 Å². The first-order valence-corrected chi connectivity index (χ1v) is 15.7. The third-order valence-electron chi connectivity index (χ3n) is 8.59. The average molecular weight is 593 g/mol. The Bertz CT molecular complexity index is 1470.